The highest BCUT2D eigenvalue weighted by Crippen LogP contribution is 2.11. The fraction of sp³-hybridized carbons (Fsp3) is 0.667. The average molecular weight is 450 g/mol. The van der Waals surface area contributed by atoms with E-state index in [-0.39, 0.29) is 30.1 Å². The van der Waals surface area contributed by atoms with Crippen LogP contribution in [0, 0.1) is 0 Å². The lowest BCUT2D eigenvalue weighted by Crippen LogP contribution is -2.49. The normalized spacial score (nSPS) is 15.6. The molecule has 0 unspecified atom stereocenters. The number of guanidine groups is 1. The van der Waals surface area contributed by atoms with Gasteiger partial charge < -0.3 is 20.3 Å². The Labute approximate surface area is 160 Å². The molecule has 0 radical (unpaired) electrons. The Hall–Kier alpha value is -1.52. The van der Waals surface area contributed by atoms with Crippen molar-refractivity contribution >= 4 is 36.0 Å². The maximum absolute atomic E-state index is 11.7. The largest absolute Gasteiger partial charge is 0.450 e. The van der Waals surface area contributed by atoms with Crippen molar-refractivity contribution in [2.45, 2.75) is 32.4 Å². The second-order valence-electron chi connectivity index (χ2n) is 5.48. The third-order valence-electron chi connectivity index (χ3n) is 3.94. The number of aliphatic imine (C=N–C) groups is 1. The van der Waals surface area contributed by atoms with Gasteiger partial charge in [-0.15, -0.1) is 24.0 Å². The highest BCUT2D eigenvalue weighted by molar-refractivity contribution is 14.0. The van der Waals surface area contributed by atoms with Gasteiger partial charge in [0, 0.05) is 39.4 Å². The summed E-state index contributed by atoms with van der Waals surface area (Å²) in [5, 5.41) is 10.8. The number of hydrogen-bond acceptors (Lipinski definition) is 4. The van der Waals surface area contributed by atoms with Gasteiger partial charge in [0.15, 0.2) is 5.96 Å². The van der Waals surface area contributed by atoms with Crippen LogP contribution in [0.4, 0.5) is 4.79 Å². The van der Waals surface area contributed by atoms with E-state index in [9.17, 15) is 4.79 Å². The molecule has 24 heavy (non-hydrogen) atoms. The summed E-state index contributed by atoms with van der Waals surface area (Å²) in [6.45, 7) is 4.31. The summed E-state index contributed by atoms with van der Waals surface area (Å²) in [6, 6.07) is 2.27. The topological polar surface area (TPSA) is 83.8 Å². The summed E-state index contributed by atoms with van der Waals surface area (Å²) in [6.07, 6.45) is 3.32. The number of amides is 1. The van der Waals surface area contributed by atoms with Gasteiger partial charge in [0.05, 0.1) is 18.8 Å². The Bertz CT molecular complexity index is 540. The van der Waals surface area contributed by atoms with Gasteiger partial charge >= 0.3 is 6.09 Å². The van der Waals surface area contributed by atoms with E-state index < -0.39 is 0 Å². The number of halogens is 1. The summed E-state index contributed by atoms with van der Waals surface area (Å²) in [7, 11) is 3.67. The van der Waals surface area contributed by atoms with Crippen molar-refractivity contribution in [3.8, 4) is 0 Å². The molecule has 1 aliphatic heterocycles. The smallest absolute Gasteiger partial charge is 0.409 e. The standard InChI is InChI=1S/C15H26N6O2.HI/c1-4-23-15(22)21-9-6-12(7-10-21)19-14(16-2)17-11-13-5-8-18-20(13)3;/h5,8,12H,4,6-7,9-11H2,1-3H3,(H2,16,17,19);1H. The van der Waals surface area contributed by atoms with E-state index >= 15 is 0 Å². The van der Waals surface area contributed by atoms with Crippen LogP contribution in [0.2, 0.25) is 0 Å². The number of nitrogens with one attached hydrogen (secondary N) is 2. The van der Waals surface area contributed by atoms with Crippen LogP contribution < -0.4 is 10.6 Å². The lowest BCUT2D eigenvalue weighted by atomic mass is 10.1. The van der Waals surface area contributed by atoms with Gasteiger partial charge in [0.25, 0.3) is 0 Å². The Morgan fingerprint density at radius 1 is 1.46 bits per heavy atom. The van der Waals surface area contributed by atoms with E-state index in [1.807, 2.05) is 24.7 Å². The lowest BCUT2D eigenvalue weighted by molar-refractivity contribution is 0.0963. The van der Waals surface area contributed by atoms with Crippen LogP contribution in [0.3, 0.4) is 0 Å². The van der Waals surface area contributed by atoms with E-state index in [1.165, 1.54) is 0 Å². The van der Waals surface area contributed by atoms with Gasteiger partial charge in [-0.2, -0.15) is 5.10 Å². The van der Waals surface area contributed by atoms with Crippen molar-refractivity contribution in [2.24, 2.45) is 12.0 Å². The molecule has 2 heterocycles. The van der Waals surface area contributed by atoms with Crippen LogP contribution in [-0.2, 0) is 18.3 Å². The molecule has 0 aliphatic carbocycles. The molecule has 8 nitrogen and oxygen atoms in total. The molecule has 1 aliphatic rings. The van der Waals surface area contributed by atoms with Crippen LogP contribution in [0.25, 0.3) is 0 Å². The Morgan fingerprint density at radius 3 is 2.71 bits per heavy atom. The third-order valence-corrected chi connectivity index (χ3v) is 3.94. The molecule has 136 valence electrons. The maximum atomic E-state index is 11.7. The number of ether oxygens (including phenoxy) is 1. The average Bonchev–Trinajstić information content (AvgIpc) is 2.97. The predicted molar refractivity (Wildman–Crippen MR) is 104 cm³/mol. The van der Waals surface area contributed by atoms with Crippen LogP contribution in [0.5, 0.6) is 0 Å². The second kappa shape index (κ2) is 10.4. The zero-order valence-electron chi connectivity index (χ0n) is 14.5. The SMILES string of the molecule is CCOC(=O)N1CCC(NC(=NC)NCc2ccnn2C)CC1.I. The molecule has 1 aromatic heterocycles. The van der Waals surface area contributed by atoms with Crippen molar-refractivity contribution in [3.05, 3.63) is 18.0 Å². The van der Waals surface area contributed by atoms with E-state index in [0.29, 0.717) is 32.3 Å². The van der Waals surface area contributed by atoms with Crippen molar-refractivity contribution in [3.63, 3.8) is 0 Å². The third kappa shape index (κ3) is 5.84. The zero-order chi connectivity index (χ0) is 16.7. The fourth-order valence-electron chi connectivity index (χ4n) is 2.56. The predicted octanol–water partition coefficient (Wildman–Crippen LogP) is 1.32. The van der Waals surface area contributed by atoms with Gasteiger partial charge in [0.2, 0.25) is 0 Å². The van der Waals surface area contributed by atoms with Gasteiger partial charge in [-0.3, -0.25) is 9.67 Å². The molecule has 1 saturated heterocycles. The van der Waals surface area contributed by atoms with Crippen molar-refractivity contribution in [1.29, 1.82) is 0 Å². The minimum Gasteiger partial charge on any atom is -0.450 e. The molecule has 1 fully saturated rings. The molecular weight excluding hydrogens is 423 g/mol. The number of aryl methyl sites for hydroxylation is 1. The van der Waals surface area contributed by atoms with Crippen molar-refractivity contribution in [1.82, 2.24) is 25.3 Å². The number of carbonyl (C=O) groups is 1. The van der Waals surface area contributed by atoms with Crippen molar-refractivity contribution < 1.29 is 9.53 Å². The van der Waals surface area contributed by atoms with Crippen LogP contribution in [0.1, 0.15) is 25.5 Å². The molecule has 2 N–H and O–H groups in total. The van der Waals surface area contributed by atoms with Crippen LogP contribution in [-0.4, -0.2) is 59.5 Å². The monoisotopic (exact) mass is 450 g/mol. The number of rotatable bonds is 4. The zero-order valence-corrected chi connectivity index (χ0v) is 16.8. The summed E-state index contributed by atoms with van der Waals surface area (Å²) >= 11 is 0. The number of nitrogens with zero attached hydrogens (tertiary/aromatic N) is 4. The Morgan fingerprint density at radius 2 is 2.17 bits per heavy atom. The molecule has 0 spiro atoms. The summed E-state index contributed by atoms with van der Waals surface area (Å²) in [4.78, 5) is 17.7. The minimum atomic E-state index is -0.218. The first-order valence-corrected chi connectivity index (χ1v) is 7.99. The first-order valence-electron chi connectivity index (χ1n) is 7.99. The fourth-order valence-corrected chi connectivity index (χ4v) is 2.56. The first-order chi connectivity index (χ1) is 11.1. The van der Waals surface area contributed by atoms with E-state index in [0.717, 1.165) is 24.5 Å². The quantitative estimate of drug-likeness (QED) is 0.411. The van der Waals surface area contributed by atoms with E-state index in [1.54, 1.807) is 18.1 Å². The van der Waals surface area contributed by atoms with Crippen molar-refractivity contribution in [2.75, 3.05) is 26.7 Å². The summed E-state index contributed by atoms with van der Waals surface area (Å²) < 4.78 is 6.86. The Balaban J connectivity index is 0.00000288. The van der Waals surface area contributed by atoms with Gasteiger partial charge in [0.1, 0.15) is 0 Å². The van der Waals surface area contributed by atoms with Crippen LogP contribution in [0.15, 0.2) is 17.3 Å². The van der Waals surface area contributed by atoms with E-state index in [2.05, 4.69) is 20.7 Å². The molecule has 1 aromatic rings. The molecule has 1 amide bonds. The molecule has 2 rings (SSSR count). The molecule has 9 heteroatoms. The molecule has 0 atom stereocenters. The summed E-state index contributed by atoms with van der Waals surface area (Å²) in [5.74, 6) is 0.765. The van der Waals surface area contributed by atoms with Gasteiger partial charge in [-0.1, -0.05) is 0 Å². The van der Waals surface area contributed by atoms with Crippen LogP contribution >= 0.6 is 24.0 Å². The molecule has 0 aromatic carbocycles. The number of likely N-dealkylation sites (tertiary alicyclic amines) is 1. The molecule has 0 saturated carbocycles. The maximum Gasteiger partial charge on any atom is 0.409 e. The Kier molecular flexibility index (Phi) is 8.87. The van der Waals surface area contributed by atoms with Gasteiger partial charge in [-0.25, -0.2) is 4.79 Å². The minimum absolute atomic E-state index is 0. The molecule has 0 bridgehead atoms. The number of aromatic nitrogens is 2. The highest BCUT2D eigenvalue weighted by atomic mass is 127. The number of carbonyl (C=O) groups excluding carboxylic acids is 1. The first kappa shape index (κ1) is 20.5. The number of piperidine rings is 1. The number of hydrogen-bond donors (Lipinski definition) is 2. The van der Waals surface area contributed by atoms with Gasteiger partial charge in [-0.05, 0) is 25.8 Å². The highest BCUT2D eigenvalue weighted by Gasteiger charge is 2.24. The molecular formula is C15H27IN6O2. The summed E-state index contributed by atoms with van der Waals surface area (Å²) in [5.41, 5.74) is 1.09. The lowest BCUT2D eigenvalue weighted by Gasteiger charge is -2.32. The van der Waals surface area contributed by atoms with E-state index in [4.69, 9.17) is 4.74 Å². The second-order valence-corrected chi connectivity index (χ2v) is 5.48.